The lowest BCUT2D eigenvalue weighted by atomic mass is 10.2. The van der Waals surface area contributed by atoms with Gasteiger partial charge in [-0.05, 0) is 52.2 Å². The SMILES string of the molecule is CC(=O)N1CCc2cc(Br)c(S(=O)(=O)CCC(=O)N3CCN(c4ccccc4)CC3)cc21. The van der Waals surface area contributed by atoms with Crippen LogP contribution in [-0.2, 0) is 25.8 Å². The Morgan fingerprint density at radius 1 is 1.00 bits per heavy atom. The summed E-state index contributed by atoms with van der Waals surface area (Å²) in [6, 6.07) is 13.4. The zero-order valence-electron chi connectivity index (χ0n) is 18.0. The van der Waals surface area contributed by atoms with Crippen LogP contribution in [0.15, 0.2) is 51.8 Å². The zero-order valence-corrected chi connectivity index (χ0v) is 20.4. The highest BCUT2D eigenvalue weighted by atomic mass is 79.9. The van der Waals surface area contributed by atoms with Crippen molar-refractivity contribution in [2.75, 3.05) is 48.3 Å². The molecule has 2 amide bonds. The molecule has 0 radical (unpaired) electrons. The molecule has 7 nitrogen and oxygen atoms in total. The highest BCUT2D eigenvalue weighted by molar-refractivity contribution is 9.10. The van der Waals surface area contributed by atoms with Crippen molar-refractivity contribution < 1.29 is 18.0 Å². The molecule has 1 fully saturated rings. The highest BCUT2D eigenvalue weighted by Crippen LogP contribution is 2.36. The maximum absolute atomic E-state index is 13.0. The molecule has 0 saturated carbocycles. The highest BCUT2D eigenvalue weighted by Gasteiger charge is 2.29. The quantitative estimate of drug-likeness (QED) is 0.606. The maximum atomic E-state index is 13.0. The predicted molar refractivity (Wildman–Crippen MR) is 128 cm³/mol. The zero-order chi connectivity index (χ0) is 22.9. The minimum Gasteiger partial charge on any atom is -0.368 e. The molecular weight excluding hydrogens is 494 g/mol. The van der Waals surface area contributed by atoms with Crippen molar-refractivity contribution in [1.29, 1.82) is 0 Å². The summed E-state index contributed by atoms with van der Waals surface area (Å²) in [5, 5.41) is 0. The van der Waals surface area contributed by atoms with Crippen LogP contribution >= 0.6 is 15.9 Å². The number of hydrogen-bond acceptors (Lipinski definition) is 5. The van der Waals surface area contributed by atoms with Gasteiger partial charge < -0.3 is 14.7 Å². The van der Waals surface area contributed by atoms with E-state index in [1.807, 2.05) is 30.3 Å². The van der Waals surface area contributed by atoms with E-state index in [2.05, 4.69) is 20.8 Å². The van der Waals surface area contributed by atoms with Crippen molar-refractivity contribution in [3.63, 3.8) is 0 Å². The van der Waals surface area contributed by atoms with Crippen LogP contribution in [0, 0.1) is 0 Å². The number of nitrogens with zero attached hydrogens (tertiary/aromatic N) is 3. The number of rotatable bonds is 5. The summed E-state index contributed by atoms with van der Waals surface area (Å²) in [4.78, 5) is 30.3. The average Bonchev–Trinajstić information content (AvgIpc) is 3.20. The fraction of sp³-hybridized carbons (Fsp3) is 0.391. The first kappa shape index (κ1) is 22.8. The maximum Gasteiger partial charge on any atom is 0.223 e. The molecule has 2 aliphatic heterocycles. The van der Waals surface area contributed by atoms with Crippen molar-refractivity contribution in [3.8, 4) is 0 Å². The van der Waals surface area contributed by atoms with Crippen LogP contribution in [0.1, 0.15) is 18.9 Å². The molecule has 0 atom stereocenters. The van der Waals surface area contributed by atoms with Gasteiger partial charge in [-0.15, -0.1) is 0 Å². The molecule has 0 N–H and O–H groups in total. The van der Waals surface area contributed by atoms with E-state index < -0.39 is 9.84 Å². The number of carbonyl (C=O) groups is 2. The lowest BCUT2D eigenvalue weighted by Crippen LogP contribution is -2.49. The Morgan fingerprint density at radius 3 is 2.34 bits per heavy atom. The average molecular weight is 520 g/mol. The van der Waals surface area contributed by atoms with Gasteiger partial charge in [0.15, 0.2) is 9.84 Å². The number of carbonyl (C=O) groups excluding carboxylic acids is 2. The summed E-state index contributed by atoms with van der Waals surface area (Å²) < 4.78 is 26.6. The van der Waals surface area contributed by atoms with Crippen molar-refractivity contribution in [3.05, 3.63) is 52.5 Å². The second-order valence-corrected chi connectivity index (χ2v) is 11.0. The van der Waals surface area contributed by atoms with Gasteiger partial charge in [-0.2, -0.15) is 0 Å². The molecule has 4 rings (SSSR count). The summed E-state index contributed by atoms with van der Waals surface area (Å²) in [6.45, 7) is 4.61. The monoisotopic (exact) mass is 519 g/mol. The topological polar surface area (TPSA) is 78.0 Å². The molecule has 0 aliphatic carbocycles. The summed E-state index contributed by atoms with van der Waals surface area (Å²) in [5.41, 5.74) is 2.71. The molecule has 0 unspecified atom stereocenters. The van der Waals surface area contributed by atoms with Gasteiger partial charge >= 0.3 is 0 Å². The number of piperazine rings is 1. The van der Waals surface area contributed by atoms with Crippen molar-refractivity contribution in [2.24, 2.45) is 0 Å². The van der Waals surface area contributed by atoms with Gasteiger partial charge in [-0.25, -0.2) is 8.42 Å². The molecule has 0 spiro atoms. The standard InChI is InChI=1S/C23H26BrN3O4S/c1-17(28)27-9-7-18-15-20(24)22(16-21(18)27)32(30,31)14-8-23(29)26-12-10-25(11-13-26)19-5-3-2-4-6-19/h2-6,15-16H,7-14H2,1H3. The summed E-state index contributed by atoms with van der Waals surface area (Å²) in [5.74, 6) is -0.523. The van der Waals surface area contributed by atoms with E-state index in [1.54, 1.807) is 21.9 Å². The summed E-state index contributed by atoms with van der Waals surface area (Å²) in [6.07, 6.45) is 0.634. The molecular formula is C23H26BrN3O4S. The van der Waals surface area contributed by atoms with E-state index in [1.165, 1.54) is 6.92 Å². The molecule has 170 valence electrons. The Labute approximate surface area is 197 Å². The molecule has 2 heterocycles. The molecule has 1 saturated heterocycles. The van der Waals surface area contributed by atoms with Crippen LogP contribution in [0.4, 0.5) is 11.4 Å². The first-order valence-corrected chi connectivity index (χ1v) is 13.1. The van der Waals surface area contributed by atoms with Crippen LogP contribution in [0.2, 0.25) is 0 Å². The number of sulfone groups is 1. The molecule has 2 aromatic rings. The van der Waals surface area contributed by atoms with Gasteiger partial charge in [-0.3, -0.25) is 9.59 Å². The normalized spacial score (nSPS) is 16.2. The number of anilines is 2. The Balaban J connectivity index is 1.39. The largest absolute Gasteiger partial charge is 0.368 e. The van der Waals surface area contributed by atoms with Gasteiger partial charge in [0, 0.05) is 61.9 Å². The van der Waals surface area contributed by atoms with E-state index in [0.29, 0.717) is 36.2 Å². The lowest BCUT2D eigenvalue weighted by molar-refractivity contribution is -0.131. The van der Waals surface area contributed by atoms with Gasteiger partial charge in [0.2, 0.25) is 11.8 Å². The van der Waals surface area contributed by atoms with E-state index in [0.717, 1.165) is 24.3 Å². The van der Waals surface area contributed by atoms with Crippen LogP contribution in [-0.4, -0.2) is 63.6 Å². The minimum atomic E-state index is -3.69. The van der Waals surface area contributed by atoms with Gasteiger partial charge in [0.25, 0.3) is 0 Å². The van der Waals surface area contributed by atoms with E-state index in [9.17, 15) is 18.0 Å². The molecule has 0 aromatic heterocycles. The second-order valence-electron chi connectivity index (χ2n) is 8.10. The smallest absolute Gasteiger partial charge is 0.223 e. The fourth-order valence-electron chi connectivity index (χ4n) is 4.30. The molecule has 32 heavy (non-hydrogen) atoms. The molecule has 0 bridgehead atoms. The van der Waals surface area contributed by atoms with Crippen LogP contribution in [0.3, 0.4) is 0 Å². The summed E-state index contributed by atoms with van der Waals surface area (Å²) >= 11 is 3.37. The minimum absolute atomic E-state index is 0.0619. The Morgan fingerprint density at radius 2 is 1.69 bits per heavy atom. The Kier molecular flexibility index (Phi) is 6.57. The fourth-order valence-corrected chi connectivity index (χ4v) is 6.74. The number of para-hydroxylation sites is 1. The van der Waals surface area contributed by atoms with Crippen LogP contribution < -0.4 is 9.80 Å². The first-order valence-electron chi connectivity index (χ1n) is 10.7. The van der Waals surface area contributed by atoms with Crippen molar-refractivity contribution >= 4 is 49.0 Å². The molecule has 2 aromatic carbocycles. The van der Waals surface area contributed by atoms with Crippen molar-refractivity contribution in [2.45, 2.75) is 24.7 Å². The van der Waals surface area contributed by atoms with Crippen LogP contribution in [0.25, 0.3) is 0 Å². The third-order valence-corrected chi connectivity index (χ3v) is 8.75. The number of fused-ring (bicyclic) bond motifs is 1. The number of amides is 2. The lowest BCUT2D eigenvalue weighted by Gasteiger charge is -2.36. The Bertz CT molecular complexity index is 1130. The summed E-state index contributed by atoms with van der Waals surface area (Å²) in [7, 11) is -3.69. The third kappa shape index (κ3) is 4.68. The van der Waals surface area contributed by atoms with Crippen molar-refractivity contribution in [1.82, 2.24) is 4.90 Å². The molecule has 9 heteroatoms. The number of halogens is 1. The van der Waals surface area contributed by atoms with E-state index >= 15 is 0 Å². The van der Waals surface area contributed by atoms with E-state index in [-0.39, 0.29) is 28.9 Å². The predicted octanol–water partition coefficient (Wildman–Crippen LogP) is 2.87. The Hall–Kier alpha value is -2.39. The second kappa shape index (κ2) is 9.23. The first-order chi connectivity index (χ1) is 15.3. The third-order valence-electron chi connectivity index (χ3n) is 6.08. The van der Waals surface area contributed by atoms with Gasteiger partial charge in [0.05, 0.1) is 10.6 Å². The number of benzene rings is 2. The number of hydrogen-bond donors (Lipinski definition) is 0. The molecule has 2 aliphatic rings. The van der Waals surface area contributed by atoms with E-state index in [4.69, 9.17) is 0 Å². The van der Waals surface area contributed by atoms with Gasteiger partial charge in [0.1, 0.15) is 0 Å². The van der Waals surface area contributed by atoms with Gasteiger partial charge in [-0.1, -0.05) is 18.2 Å². The van der Waals surface area contributed by atoms with Crippen LogP contribution in [0.5, 0.6) is 0 Å².